The average Bonchev–Trinajstić information content (AvgIpc) is 2.64. The Labute approximate surface area is 112 Å². The first kappa shape index (κ1) is 12.7. The zero-order valence-electron chi connectivity index (χ0n) is 10.7. The minimum absolute atomic E-state index is 0.605. The van der Waals surface area contributed by atoms with E-state index in [0.717, 1.165) is 28.9 Å². The zero-order valence-corrected chi connectivity index (χ0v) is 12.2. The van der Waals surface area contributed by atoms with Crippen LogP contribution in [0.25, 0.3) is 0 Å². The Morgan fingerprint density at radius 3 is 2.65 bits per heavy atom. The van der Waals surface area contributed by atoms with Crippen LogP contribution in [0.15, 0.2) is 22.7 Å². The number of nitrogens with zero attached hydrogens (tertiary/aromatic N) is 2. The van der Waals surface area contributed by atoms with Crippen molar-refractivity contribution in [3.63, 3.8) is 0 Å². The largest absolute Gasteiger partial charge is 0.397 e. The average molecular weight is 298 g/mol. The summed E-state index contributed by atoms with van der Waals surface area (Å²) in [6.45, 7) is 4.43. The van der Waals surface area contributed by atoms with Gasteiger partial charge < -0.3 is 15.5 Å². The molecule has 4 heteroatoms. The van der Waals surface area contributed by atoms with Crippen LogP contribution in [0.4, 0.5) is 11.4 Å². The summed E-state index contributed by atoms with van der Waals surface area (Å²) >= 11 is 3.51. The van der Waals surface area contributed by atoms with Gasteiger partial charge in [-0.3, -0.25) is 0 Å². The fraction of sp³-hybridized carbons (Fsp3) is 0.538. The van der Waals surface area contributed by atoms with Gasteiger partial charge in [-0.05, 0) is 38.2 Å². The summed E-state index contributed by atoms with van der Waals surface area (Å²) < 4.78 is 1.09. The molecule has 1 fully saturated rings. The maximum atomic E-state index is 6.06. The number of anilines is 2. The van der Waals surface area contributed by atoms with E-state index in [0.29, 0.717) is 12.0 Å². The van der Waals surface area contributed by atoms with Crippen molar-refractivity contribution in [3.05, 3.63) is 22.7 Å². The number of nitrogens with two attached hydrogens (primary N) is 1. The number of nitrogen functional groups attached to an aromatic ring is 1. The molecule has 0 amide bonds. The van der Waals surface area contributed by atoms with Crippen LogP contribution in [0.1, 0.15) is 6.92 Å². The van der Waals surface area contributed by atoms with Crippen LogP contribution in [0, 0.1) is 5.92 Å². The summed E-state index contributed by atoms with van der Waals surface area (Å²) in [4.78, 5) is 4.69. The molecule has 0 bridgehead atoms. The monoisotopic (exact) mass is 297 g/mol. The van der Waals surface area contributed by atoms with Crippen molar-refractivity contribution in [2.24, 2.45) is 5.92 Å². The summed E-state index contributed by atoms with van der Waals surface area (Å²) in [5.74, 6) is 0.670. The molecule has 0 aliphatic carbocycles. The Hall–Kier alpha value is -0.740. The van der Waals surface area contributed by atoms with Crippen molar-refractivity contribution in [1.82, 2.24) is 4.90 Å². The zero-order chi connectivity index (χ0) is 12.6. The second-order valence-corrected chi connectivity index (χ2v) is 6.03. The number of halogens is 1. The van der Waals surface area contributed by atoms with Crippen LogP contribution in [0.2, 0.25) is 0 Å². The molecule has 0 saturated carbocycles. The maximum Gasteiger partial charge on any atom is 0.0611 e. The smallest absolute Gasteiger partial charge is 0.0611 e. The van der Waals surface area contributed by atoms with Gasteiger partial charge in [-0.25, -0.2) is 0 Å². The lowest BCUT2D eigenvalue weighted by atomic mass is 10.1. The predicted molar refractivity (Wildman–Crippen MR) is 77.4 cm³/mol. The SMILES string of the molecule is CC1CN(c2cc(Br)ccc2N)CC1N(C)C. The highest BCUT2D eigenvalue weighted by Gasteiger charge is 2.31. The van der Waals surface area contributed by atoms with E-state index in [1.165, 1.54) is 0 Å². The van der Waals surface area contributed by atoms with Gasteiger partial charge >= 0.3 is 0 Å². The van der Waals surface area contributed by atoms with E-state index >= 15 is 0 Å². The van der Waals surface area contributed by atoms with E-state index in [2.05, 4.69) is 52.8 Å². The molecule has 2 rings (SSSR count). The quantitative estimate of drug-likeness (QED) is 0.851. The number of hydrogen-bond donors (Lipinski definition) is 1. The van der Waals surface area contributed by atoms with Gasteiger partial charge in [0.05, 0.1) is 11.4 Å². The molecule has 2 N–H and O–H groups in total. The first-order chi connectivity index (χ1) is 7.99. The van der Waals surface area contributed by atoms with E-state index in [9.17, 15) is 0 Å². The molecule has 1 aliphatic rings. The van der Waals surface area contributed by atoms with Gasteiger partial charge in [-0.1, -0.05) is 22.9 Å². The van der Waals surface area contributed by atoms with Gasteiger partial charge in [0.2, 0.25) is 0 Å². The third-order valence-corrected chi connectivity index (χ3v) is 4.06. The van der Waals surface area contributed by atoms with Gasteiger partial charge in [0, 0.05) is 23.6 Å². The third kappa shape index (κ3) is 2.58. The predicted octanol–water partition coefficient (Wildman–Crippen LogP) is 2.42. The first-order valence-electron chi connectivity index (χ1n) is 5.95. The summed E-state index contributed by atoms with van der Waals surface area (Å²) in [5, 5.41) is 0. The molecular weight excluding hydrogens is 278 g/mol. The third-order valence-electron chi connectivity index (χ3n) is 3.57. The molecule has 2 atom stereocenters. The molecule has 17 heavy (non-hydrogen) atoms. The minimum Gasteiger partial charge on any atom is -0.397 e. The van der Waals surface area contributed by atoms with Crippen molar-refractivity contribution >= 4 is 27.3 Å². The van der Waals surface area contributed by atoms with Gasteiger partial charge in [0.25, 0.3) is 0 Å². The summed E-state index contributed by atoms with van der Waals surface area (Å²) in [5.41, 5.74) is 8.07. The number of benzene rings is 1. The van der Waals surface area contributed by atoms with E-state index in [1.54, 1.807) is 0 Å². The molecule has 3 nitrogen and oxygen atoms in total. The summed E-state index contributed by atoms with van der Waals surface area (Å²) in [6, 6.07) is 6.67. The van der Waals surface area contributed by atoms with Crippen LogP contribution in [0.3, 0.4) is 0 Å². The molecule has 1 saturated heterocycles. The fourth-order valence-electron chi connectivity index (χ4n) is 2.61. The molecule has 0 aromatic heterocycles. The van der Waals surface area contributed by atoms with Crippen molar-refractivity contribution in [1.29, 1.82) is 0 Å². The molecule has 2 unspecified atom stereocenters. The van der Waals surface area contributed by atoms with E-state index in [1.807, 2.05) is 12.1 Å². The molecule has 1 aromatic rings. The highest BCUT2D eigenvalue weighted by atomic mass is 79.9. The van der Waals surface area contributed by atoms with E-state index in [4.69, 9.17) is 5.73 Å². The van der Waals surface area contributed by atoms with Crippen molar-refractivity contribution in [2.45, 2.75) is 13.0 Å². The molecular formula is C13H20BrN3. The van der Waals surface area contributed by atoms with Crippen LogP contribution in [-0.4, -0.2) is 38.1 Å². The summed E-state index contributed by atoms with van der Waals surface area (Å²) in [7, 11) is 4.30. The van der Waals surface area contributed by atoms with Gasteiger partial charge in [0.1, 0.15) is 0 Å². The van der Waals surface area contributed by atoms with E-state index < -0.39 is 0 Å². The summed E-state index contributed by atoms with van der Waals surface area (Å²) in [6.07, 6.45) is 0. The standard InChI is InChI=1S/C13H20BrN3/c1-9-7-17(8-13(9)16(2)3)12-6-10(14)4-5-11(12)15/h4-6,9,13H,7-8,15H2,1-3H3. The van der Waals surface area contributed by atoms with Crippen LogP contribution >= 0.6 is 15.9 Å². The number of rotatable bonds is 2. The number of likely N-dealkylation sites (N-methyl/N-ethyl adjacent to an activating group) is 1. The molecule has 0 spiro atoms. The molecule has 0 radical (unpaired) electrons. The van der Waals surface area contributed by atoms with Crippen LogP contribution in [0.5, 0.6) is 0 Å². The van der Waals surface area contributed by atoms with Gasteiger partial charge in [-0.2, -0.15) is 0 Å². The topological polar surface area (TPSA) is 32.5 Å². The van der Waals surface area contributed by atoms with Crippen molar-refractivity contribution in [3.8, 4) is 0 Å². The Balaban J connectivity index is 2.22. The Morgan fingerprint density at radius 1 is 1.35 bits per heavy atom. The lowest BCUT2D eigenvalue weighted by Crippen LogP contribution is -2.34. The lowest BCUT2D eigenvalue weighted by molar-refractivity contribution is 0.266. The fourth-order valence-corrected chi connectivity index (χ4v) is 2.96. The van der Waals surface area contributed by atoms with Crippen LogP contribution < -0.4 is 10.6 Å². The molecule has 94 valence electrons. The second-order valence-electron chi connectivity index (χ2n) is 5.12. The lowest BCUT2D eigenvalue weighted by Gasteiger charge is -2.23. The molecule has 1 aliphatic heterocycles. The van der Waals surface area contributed by atoms with Crippen molar-refractivity contribution < 1.29 is 0 Å². The molecule has 1 heterocycles. The highest BCUT2D eigenvalue weighted by Crippen LogP contribution is 2.32. The second kappa shape index (κ2) is 4.86. The first-order valence-corrected chi connectivity index (χ1v) is 6.74. The Morgan fingerprint density at radius 2 is 2.06 bits per heavy atom. The van der Waals surface area contributed by atoms with Gasteiger partial charge in [-0.15, -0.1) is 0 Å². The Bertz CT molecular complexity index is 406. The normalized spacial score (nSPS) is 24.6. The Kier molecular flexibility index (Phi) is 3.64. The highest BCUT2D eigenvalue weighted by molar-refractivity contribution is 9.10. The maximum absolute atomic E-state index is 6.06. The minimum atomic E-state index is 0.605. The van der Waals surface area contributed by atoms with Crippen LogP contribution in [-0.2, 0) is 0 Å². The van der Waals surface area contributed by atoms with Crippen molar-refractivity contribution in [2.75, 3.05) is 37.8 Å². The number of hydrogen-bond acceptors (Lipinski definition) is 3. The van der Waals surface area contributed by atoms with E-state index in [-0.39, 0.29) is 0 Å². The van der Waals surface area contributed by atoms with Gasteiger partial charge in [0.15, 0.2) is 0 Å². The molecule has 1 aromatic carbocycles.